The lowest BCUT2D eigenvalue weighted by Gasteiger charge is -2.06. The number of halogens is 2. The Morgan fingerprint density at radius 3 is 2.46 bits per heavy atom. The molecule has 1 heterocycles. The lowest BCUT2D eigenvalue weighted by molar-refractivity contribution is 0.140. The number of ether oxygens (including phenoxy) is 1. The molecule has 0 unspecified atom stereocenters. The van der Waals surface area contributed by atoms with Gasteiger partial charge in [-0.2, -0.15) is 0 Å². The Kier molecular flexibility index (Phi) is 2.50. The summed E-state index contributed by atoms with van der Waals surface area (Å²) in [6.07, 6.45) is -2.91. The maximum atomic E-state index is 12.1. The summed E-state index contributed by atoms with van der Waals surface area (Å²) in [7, 11) is 1.17. The molecule has 6 heteroatoms. The van der Waals surface area contributed by atoms with Crippen LogP contribution in [-0.4, -0.2) is 22.3 Å². The van der Waals surface area contributed by atoms with Gasteiger partial charge >= 0.3 is 0 Å². The van der Waals surface area contributed by atoms with Crippen molar-refractivity contribution in [2.75, 3.05) is 7.11 Å². The molecule has 0 aromatic carbocycles. The predicted molar refractivity (Wildman–Crippen MR) is 39.1 cm³/mol. The topological polar surface area (TPSA) is 62.6 Å². The first-order valence-electron chi connectivity index (χ1n) is 3.31. The number of alkyl halides is 2. The molecule has 0 fully saturated rings. The lowest BCUT2D eigenvalue weighted by atomic mass is 10.3. The highest BCUT2D eigenvalue weighted by atomic mass is 19.3. The molecule has 2 N–H and O–H groups in total. The molecule has 0 bridgehead atoms. The van der Waals surface area contributed by atoms with Crippen LogP contribution < -0.4 is 4.74 Å². The van der Waals surface area contributed by atoms with Gasteiger partial charge in [-0.25, -0.2) is 13.8 Å². The fourth-order valence-corrected chi connectivity index (χ4v) is 0.800. The Hall–Kier alpha value is -1.59. The largest absolute Gasteiger partial charge is 0.506 e. The van der Waals surface area contributed by atoms with Crippen LogP contribution in [0.3, 0.4) is 0 Å². The second-order valence-corrected chi connectivity index (χ2v) is 2.22. The van der Waals surface area contributed by atoms with Crippen LogP contribution in [0.25, 0.3) is 0 Å². The summed E-state index contributed by atoms with van der Waals surface area (Å²) in [5.41, 5.74) is -0.811. The average molecular weight is 191 g/mol. The molecular formula is C7H7F2NO3. The second-order valence-electron chi connectivity index (χ2n) is 2.22. The average Bonchev–Trinajstić information content (AvgIpc) is 2.03. The number of nitrogens with zero attached hydrogens (tertiary/aromatic N) is 1. The Balaban J connectivity index is 3.22. The minimum Gasteiger partial charge on any atom is -0.506 e. The molecule has 0 spiro atoms. The van der Waals surface area contributed by atoms with E-state index in [0.29, 0.717) is 0 Å². The zero-order chi connectivity index (χ0) is 10.0. The molecule has 13 heavy (non-hydrogen) atoms. The maximum Gasteiger partial charge on any atom is 0.284 e. The van der Waals surface area contributed by atoms with E-state index in [2.05, 4.69) is 9.72 Å². The van der Waals surface area contributed by atoms with Crippen molar-refractivity contribution < 1.29 is 23.7 Å². The molecule has 0 amide bonds. The summed E-state index contributed by atoms with van der Waals surface area (Å²) < 4.78 is 28.7. The number of hydrogen-bond donors (Lipinski definition) is 2. The van der Waals surface area contributed by atoms with E-state index >= 15 is 0 Å². The summed E-state index contributed by atoms with van der Waals surface area (Å²) in [5.74, 6) is -1.58. The molecule has 1 aromatic rings. The SMILES string of the molecule is COc1nc(C(F)F)c(O)cc1O. The van der Waals surface area contributed by atoms with Crippen molar-refractivity contribution >= 4 is 0 Å². The van der Waals surface area contributed by atoms with E-state index in [0.717, 1.165) is 6.07 Å². The third-order valence-electron chi connectivity index (χ3n) is 1.38. The zero-order valence-corrected chi connectivity index (χ0v) is 6.66. The molecule has 0 saturated heterocycles. The quantitative estimate of drug-likeness (QED) is 0.742. The third kappa shape index (κ3) is 1.77. The summed E-state index contributed by atoms with van der Waals surface area (Å²) in [6.45, 7) is 0. The molecule has 0 radical (unpaired) electrons. The Labute approximate surface area is 72.4 Å². The van der Waals surface area contributed by atoms with E-state index in [4.69, 9.17) is 10.2 Å². The van der Waals surface area contributed by atoms with Crippen molar-refractivity contribution in [2.45, 2.75) is 6.43 Å². The molecule has 0 atom stereocenters. The van der Waals surface area contributed by atoms with Crippen molar-refractivity contribution in [3.63, 3.8) is 0 Å². The Morgan fingerprint density at radius 2 is 2.00 bits per heavy atom. The second kappa shape index (κ2) is 3.42. The van der Waals surface area contributed by atoms with Gasteiger partial charge in [0.15, 0.2) is 11.4 Å². The predicted octanol–water partition coefficient (Wildman–Crippen LogP) is 1.44. The number of aromatic hydroxyl groups is 2. The zero-order valence-electron chi connectivity index (χ0n) is 6.66. The van der Waals surface area contributed by atoms with Crippen molar-refractivity contribution in [3.05, 3.63) is 11.8 Å². The highest BCUT2D eigenvalue weighted by Crippen LogP contribution is 2.34. The fourth-order valence-electron chi connectivity index (χ4n) is 0.800. The molecule has 0 aliphatic carbocycles. The van der Waals surface area contributed by atoms with E-state index in [-0.39, 0.29) is 5.88 Å². The van der Waals surface area contributed by atoms with Crippen LogP contribution in [-0.2, 0) is 0 Å². The van der Waals surface area contributed by atoms with E-state index in [1.54, 1.807) is 0 Å². The van der Waals surface area contributed by atoms with Crippen molar-refractivity contribution in [3.8, 4) is 17.4 Å². The van der Waals surface area contributed by atoms with E-state index in [1.807, 2.05) is 0 Å². The van der Waals surface area contributed by atoms with Gasteiger partial charge in [-0.1, -0.05) is 0 Å². The van der Waals surface area contributed by atoms with Gasteiger partial charge in [0.1, 0.15) is 5.75 Å². The first-order chi connectivity index (χ1) is 6.06. The van der Waals surface area contributed by atoms with Crippen LogP contribution in [0.5, 0.6) is 17.4 Å². The molecule has 1 aromatic heterocycles. The Bertz CT molecular complexity index is 317. The van der Waals surface area contributed by atoms with Crippen LogP contribution in [0.2, 0.25) is 0 Å². The fraction of sp³-hybridized carbons (Fsp3) is 0.286. The first-order valence-corrected chi connectivity index (χ1v) is 3.31. The van der Waals surface area contributed by atoms with Crippen LogP contribution in [0.1, 0.15) is 12.1 Å². The molecule has 72 valence electrons. The van der Waals surface area contributed by atoms with Crippen molar-refractivity contribution in [1.82, 2.24) is 4.98 Å². The summed E-state index contributed by atoms with van der Waals surface area (Å²) in [6, 6.07) is 0.757. The molecule has 0 saturated carbocycles. The standard InChI is InChI=1S/C7H7F2NO3/c1-13-7-4(12)2-3(11)5(10-7)6(8)9/h2,6,11-12H,1H3. The van der Waals surface area contributed by atoms with Gasteiger partial charge in [0.25, 0.3) is 12.3 Å². The first kappa shape index (κ1) is 9.50. The Morgan fingerprint density at radius 1 is 1.38 bits per heavy atom. The molecular weight excluding hydrogens is 184 g/mol. The third-order valence-corrected chi connectivity index (χ3v) is 1.38. The van der Waals surface area contributed by atoms with E-state index in [1.165, 1.54) is 7.11 Å². The molecule has 0 aliphatic rings. The van der Waals surface area contributed by atoms with Crippen molar-refractivity contribution in [2.24, 2.45) is 0 Å². The normalized spacial score (nSPS) is 10.5. The van der Waals surface area contributed by atoms with Crippen LogP contribution in [0.4, 0.5) is 8.78 Å². The number of hydrogen-bond acceptors (Lipinski definition) is 4. The van der Waals surface area contributed by atoms with Crippen molar-refractivity contribution in [1.29, 1.82) is 0 Å². The highest BCUT2D eigenvalue weighted by molar-refractivity contribution is 5.42. The van der Waals surface area contributed by atoms with Crippen LogP contribution in [0, 0.1) is 0 Å². The minimum absolute atomic E-state index is 0.340. The van der Waals surface area contributed by atoms with Gasteiger partial charge < -0.3 is 14.9 Å². The van der Waals surface area contributed by atoms with Gasteiger partial charge in [-0.15, -0.1) is 0 Å². The van der Waals surface area contributed by atoms with E-state index < -0.39 is 23.6 Å². The van der Waals surface area contributed by atoms with Gasteiger partial charge in [-0.3, -0.25) is 0 Å². The molecule has 4 nitrogen and oxygen atoms in total. The highest BCUT2D eigenvalue weighted by Gasteiger charge is 2.18. The maximum absolute atomic E-state index is 12.1. The summed E-state index contributed by atoms with van der Waals surface area (Å²) >= 11 is 0. The smallest absolute Gasteiger partial charge is 0.284 e. The molecule has 1 rings (SSSR count). The molecule has 0 aliphatic heterocycles. The number of methoxy groups -OCH3 is 1. The summed E-state index contributed by atoms with van der Waals surface area (Å²) in [5, 5.41) is 17.9. The van der Waals surface area contributed by atoms with Gasteiger partial charge in [0.2, 0.25) is 0 Å². The summed E-state index contributed by atoms with van der Waals surface area (Å²) in [4.78, 5) is 3.22. The van der Waals surface area contributed by atoms with Gasteiger partial charge in [0, 0.05) is 6.07 Å². The van der Waals surface area contributed by atoms with Gasteiger partial charge in [-0.05, 0) is 0 Å². The minimum atomic E-state index is -2.91. The van der Waals surface area contributed by atoms with E-state index in [9.17, 15) is 8.78 Å². The number of aromatic nitrogens is 1. The monoisotopic (exact) mass is 191 g/mol. The van der Waals surface area contributed by atoms with Crippen LogP contribution in [0.15, 0.2) is 6.07 Å². The lowest BCUT2D eigenvalue weighted by Crippen LogP contribution is -1.95. The van der Waals surface area contributed by atoms with Gasteiger partial charge in [0.05, 0.1) is 7.11 Å². The number of pyridine rings is 1. The van der Waals surface area contributed by atoms with Crippen LogP contribution >= 0.6 is 0 Å². The number of rotatable bonds is 2.